The Morgan fingerprint density at radius 1 is 1.46 bits per heavy atom. The van der Waals surface area contributed by atoms with Crippen LogP contribution in [0.1, 0.15) is 11.8 Å². The van der Waals surface area contributed by atoms with Crippen LogP contribution in [0.15, 0.2) is 24.3 Å². The SMILES string of the molecule is CN1CCOC1c1ccccc1F. The van der Waals surface area contributed by atoms with E-state index in [0.29, 0.717) is 12.2 Å². The molecule has 0 radical (unpaired) electrons. The molecule has 2 nitrogen and oxygen atoms in total. The number of hydrogen-bond donors (Lipinski definition) is 0. The van der Waals surface area contributed by atoms with Gasteiger partial charge in [0.25, 0.3) is 0 Å². The average molecular weight is 181 g/mol. The van der Waals surface area contributed by atoms with Crippen LogP contribution in [0.5, 0.6) is 0 Å². The molecule has 1 aromatic rings. The van der Waals surface area contributed by atoms with Crippen molar-refractivity contribution >= 4 is 0 Å². The van der Waals surface area contributed by atoms with Gasteiger partial charge in [0.2, 0.25) is 0 Å². The molecule has 0 aromatic heterocycles. The predicted octanol–water partition coefficient (Wildman–Crippen LogP) is 1.79. The predicted molar refractivity (Wildman–Crippen MR) is 47.7 cm³/mol. The highest BCUT2D eigenvalue weighted by Gasteiger charge is 2.25. The molecule has 3 heteroatoms. The standard InChI is InChI=1S/C10H12FNO/c1-12-6-7-13-10(12)8-4-2-3-5-9(8)11/h2-5,10H,6-7H2,1H3. The van der Waals surface area contributed by atoms with Crippen molar-refractivity contribution in [1.29, 1.82) is 0 Å². The third kappa shape index (κ3) is 1.57. The molecule has 1 heterocycles. The van der Waals surface area contributed by atoms with Gasteiger partial charge in [0.15, 0.2) is 0 Å². The van der Waals surface area contributed by atoms with E-state index in [1.54, 1.807) is 12.1 Å². The van der Waals surface area contributed by atoms with Crippen LogP contribution >= 0.6 is 0 Å². The lowest BCUT2D eigenvalue weighted by atomic mass is 10.2. The van der Waals surface area contributed by atoms with E-state index in [0.717, 1.165) is 6.54 Å². The molecule has 0 spiro atoms. The highest BCUT2D eigenvalue weighted by atomic mass is 19.1. The lowest BCUT2D eigenvalue weighted by Crippen LogP contribution is -2.19. The Labute approximate surface area is 76.9 Å². The Hall–Kier alpha value is -0.930. The van der Waals surface area contributed by atoms with E-state index in [1.807, 2.05) is 18.0 Å². The molecule has 1 atom stereocenters. The second kappa shape index (κ2) is 3.44. The maximum absolute atomic E-state index is 13.3. The molecule has 0 saturated carbocycles. The van der Waals surface area contributed by atoms with Crippen LogP contribution in [-0.4, -0.2) is 25.1 Å². The van der Waals surface area contributed by atoms with Crippen molar-refractivity contribution in [3.8, 4) is 0 Å². The van der Waals surface area contributed by atoms with Gasteiger partial charge in [0, 0.05) is 12.1 Å². The number of hydrogen-bond acceptors (Lipinski definition) is 2. The van der Waals surface area contributed by atoms with Gasteiger partial charge in [-0.1, -0.05) is 18.2 Å². The molecule has 0 bridgehead atoms. The van der Waals surface area contributed by atoms with E-state index in [-0.39, 0.29) is 12.0 Å². The second-order valence-electron chi connectivity index (χ2n) is 3.23. The highest BCUT2D eigenvalue weighted by molar-refractivity contribution is 5.20. The van der Waals surface area contributed by atoms with Crippen LogP contribution in [0.4, 0.5) is 4.39 Å². The summed E-state index contributed by atoms with van der Waals surface area (Å²) in [6.07, 6.45) is -0.207. The van der Waals surface area contributed by atoms with Crippen molar-refractivity contribution in [2.24, 2.45) is 0 Å². The number of ether oxygens (including phenoxy) is 1. The zero-order chi connectivity index (χ0) is 9.26. The summed E-state index contributed by atoms with van der Waals surface area (Å²) in [5, 5.41) is 0. The van der Waals surface area contributed by atoms with Crippen molar-refractivity contribution in [2.75, 3.05) is 20.2 Å². The van der Waals surface area contributed by atoms with Gasteiger partial charge in [-0.05, 0) is 13.1 Å². The third-order valence-electron chi connectivity index (χ3n) is 2.29. The van der Waals surface area contributed by atoms with Crippen molar-refractivity contribution < 1.29 is 9.13 Å². The van der Waals surface area contributed by atoms with E-state index < -0.39 is 0 Å². The Morgan fingerprint density at radius 3 is 2.85 bits per heavy atom. The lowest BCUT2D eigenvalue weighted by molar-refractivity contribution is 0.0424. The van der Waals surface area contributed by atoms with Crippen LogP contribution in [0.25, 0.3) is 0 Å². The van der Waals surface area contributed by atoms with Gasteiger partial charge in [0.1, 0.15) is 12.0 Å². The van der Waals surface area contributed by atoms with Gasteiger partial charge in [-0.2, -0.15) is 0 Å². The third-order valence-corrected chi connectivity index (χ3v) is 2.29. The van der Waals surface area contributed by atoms with E-state index in [4.69, 9.17) is 4.74 Å². The first-order valence-corrected chi connectivity index (χ1v) is 4.35. The second-order valence-corrected chi connectivity index (χ2v) is 3.23. The van der Waals surface area contributed by atoms with Crippen molar-refractivity contribution in [2.45, 2.75) is 6.23 Å². The molecule has 2 rings (SSSR count). The van der Waals surface area contributed by atoms with E-state index in [9.17, 15) is 4.39 Å². The first-order chi connectivity index (χ1) is 6.29. The summed E-state index contributed by atoms with van der Waals surface area (Å²) < 4.78 is 18.7. The van der Waals surface area contributed by atoms with Gasteiger partial charge in [-0.3, -0.25) is 4.90 Å². The minimum Gasteiger partial charge on any atom is -0.357 e. The van der Waals surface area contributed by atoms with Gasteiger partial charge in [-0.15, -0.1) is 0 Å². The summed E-state index contributed by atoms with van der Waals surface area (Å²) in [4.78, 5) is 2.00. The molecule has 0 N–H and O–H groups in total. The van der Waals surface area contributed by atoms with Crippen LogP contribution in [0.3, 0.4) is 0 Å². The molecule has 70 valence electrons. The van der Waals surface area contributed by atoms with Crippen molar-refractivity contribution in [3.05, 3.63) is 35.6 Å². The van der Waals surface area contributed by atoms with Gasteiger partial charge in [-0.25, -0.2) is 4.39 Å². The molecule has 1 aliphatic rings. The van der Waals surface area contributed by atoms with Crippen molar-refractivity contribution in [3.63, 3.8) is 0 Å². The molecule has 1 aliphatic heterocycles. The van der Waals surface area contributed by atoms with Gasteiger partial charge < -0.3 is 4.74 Å². The Kier molecular flexibility index (Phi) is 2.29. The van der Waals surface area contributed by atoms with Crippen LogP contribution in [0.2, 0.25) is 0 Å². The Bertz CT molecular complexity index is 303. The molecule has 1 saturated heterocycles. The monoisotopic (exact) mass is 181 g/mol. The van der Waals surface area contributed by atoms with Crippen LogP contribution < -0.4 is 0 Å². The molecule has 0 aliphatic carbocycles. The summed E-state index contributed by atoms with van der Waals surface area (Å²) in [5.74, 6) is -0.193. The summed E-state index contributed by atoms with van der Waals surface area (Å²) >= 11 is 0. The molecule has 13 heavy (non-hydrogen) atoms. The molecule has 1 fully saturated rings. The number of likely N-dealkylation sites (N-methyl/N-ethyl adjacent to an activating group) is 1. The fourth-order valence-corrected chi connectivity index (χ4v) is 1.56. The molecular weight excluding hydrogens is 169 g/mol. The quantitative estimate of drug-likeness (QED) is 0.655. The van der Waals surface area contributed by atoms with Crippen molar-refractivity contribution in [1.82, 2.24) is 4.90 Å². The summed E-state index contributed by atoms with van der Waals surface area (Å²) in [7, 11) is 1.93. The van der Waals surface area contributed by atoms with Gasteiger partial charge >= 0.3 is 0 Å². The van der Waals surface area contributed by atoms with Gasteiger partial charge in [0.05, 0.1) is 6.61 Å². The number of halogens is 1. The minimum atomic E-state index is -0.207. The van der Waals surface area contributed by atoms with E-state index >= 15 is 0 Å². The first kappa shape index (κ1) is 8.66. The number of rotatable bonds is 1. The Morgan fingerprint density at radius 2 is 2.23 bits per heavy atom. The van der Waals surface area contributed by atoms with Crippen LogP contribution in [-0.2, 0) is 4.74 Å². The fourth-order valence-electron chi connectivity index (χ4n) is 1.56. The first-order valence-electron chi connectivity index (χ1n) is 4.35. The topological polar surface area (TPSA) is 12.5 Å². The zero-order valence-electron chi connectivity index (χ0n) is 7.53. The fraction of sp³-hybridized carbons (Fsp3) is 0.400. The van der Waals surface area contributed by atoms with E-state index in [2.05, 4.69) is 0 Å². The normalized spacial score (nSPS) is 23.7. The van der Waals surface area contributed by atoms with Crippen LogP contribution in [0, 0.1) is 5.82 Å². The Balaban J connectivity index is 2.29. The maximum Gasteiger partial charge on any atom is 0.139 e. The lowest BCUT2D eigenvalue weighted by Gasteiger charge is -2.18. The highest BCUT2D eigenvalue weighted by Crippen LogP contribution is 2.26. The molecular formula is C10H12FNO. The molecule has 1 aromatic carbocycles. The number of benzene rings is 1. The molecule has 0 amide bonds. The summed E-state index contributed by atoms with van der Waals surface area (Å²) in [5.41, 5.74) is 0.627. The molecule has 1 unspecified atom stereocenters. The average Bonchev–Trinajstić information content (AvgIpc) is 2.52. The minimum absolute atomic E-state index is 0.193. The summed E-state index contributed by atoms with van der Waals surface area (Å²) in [6, 6.07) is 6.74. The summed E-state index contributed by atoms with van der Waals surface area (Å²) in [6.45, 7) is 1.54. The number of nitrogens with zero attached hydrogens (tertiary/aromatic N) is 1. The largest absolute Gasteiger partial charge is 0.357 e. The van der Waals surface area contributed by atoms with E-state index in [1.165, 1.54) is 6.07 Å². The zero-order valence-corrected chi connectivity index (χ0v) is 7.53. The maximum atomic E-state index is 13.3. The smallest absolute Gasteiger partial charge is 0.139 e.